The van der Waals surface area contributed by atoms with Crippen molar-refractivity contribution in [2.24, 2.45) is 5.92 Å². The van der Waals surface area contributed by atoms with Crippen molar-refractivity contribution >= 4 is 11.9 Å². The van der Waals surface area contributed by atoms with Gasteiger partial charge in [0, 0.05) is 18.8 Å². The highest BCUT2D eigenvalue weighted by Crippen LogP contribution is 2.51. The zero-order chi connectivity index (χ0) is 19.5. The number of phenolic OH excluding ortho intramolecular Hbond substituents is 1. The summed E-state index contributed by atoms with van der Waals surface area (Å²) < 4.78 is 15.5. The van der Waals surface area contributed by atoms with Crippen LogP contribution in [0.2, 0.25) is 0 Å². The van der Waals surface area contributed by atoms with Crippen LogP contribution in [-0.2, 0) is 9.53 Å². The van der Waals surface area contributed by atoms with E-state index in [-0.39, 0.29) is 30.5 Å². The Balaban J connectivity index is 1.85. The summed E-state index contributed by atoms with van der Waals surface area (Å²) in [6.07, 6.45) is -4.42. The van der Waals surface area contributed by atoms with E-state index >= 15 is 0 Å². The number of aromatic hydroxyl groups is 1. The van der Waals surface area contributed by atoms with Crippen LogP contribution in [0.3, 0.4) is 0 Å². The number of fused-ring (bicyclic) bond motifs is 4. The number of hydrogen-bond donors (Lipinski definition) is 5. The molecule has 1 aliphatic carbocycles. The molecule has 0 aromatic heterocycles. The predicted octanol–water partition coefficient (Wildman–Crippen LogP) is -1.41. The van der Waals surface area contributed by atoms with Gasteiger partial charge in [-0.1, -0.05) is 0 Å². The van der Waals surface area contributed by atoms with Gasteiger partial charge in [0.1, 0.15) is 12.2 Å². The highest BCUT2D eigenvalue weighted by atomic mass is 16.7. The fourth-order valence-electron chi connectivity index (χ4n) is 4.14. The molecule has 2 heterocycles. The minimum absolute atomic E-state index is 0.0378. The van der Waals surface area contributed by atoms with E-state index in [0.29, 0.717) is 5.56 Å². The third-order valence-electron chi connectivity index (χ3n) is 5.39. The van der Waals surface area contributed by atoms with Crippen molar-refractivity contribution in [2.45, 2.75) is 37.2 Å². The van der Waals surface area contributed by atoms with Gasteiger partial charge in [-0.25, -0.2) is 0 Å². The molecule has 3 aliphatic rings. The molecule has 10 nitrogen and oxygen atoms in total. The zero-order valence-corrected chi connectivity index (χ0v) is 14.3. The highest BCUT2D eigenvalue weighted by molar-refractivity contribution is 6.01. The molecule has 0 saturated heterocycles. The van der Waals surface area contributed by atoms with Crippen molar-refractivity contribution in [2.75, 3.05) is 13.4 Å². The average molecular weight is 381 g/mol. The lowest BCUT2D eigenvalue weighted by atomic mass is 9.66. The number of carbonyl (C=O) groups is 2. The first-order valence-corrected chi connectivity index (χ1v) is 8.45. The van der Waals surface area contributed by atoms with Gasteiger partial charge in [0.25, 0.3) is 5.91 Å². The largest absolute Gasteiger partial charge is 0.504 e. The third-order valence-corrected chi connectivity index (χ3v) is 5.39. The molecule has 5 N–H and O–H groups in total. The number of amides is 1. The maximum absolute atomic E-state index is 12.6. The molecule has 2 aliphatic heterocycles. The van der Waals surface area contributed by atoms with E-state index in [0.717, 1.165) is 0 Å². The summed E-state index contributed by atoms with van der Waals surface area (Å²) in [5, 5.41) is 44.1. The van der Waals surface area contributed by atoms with Gasteiger partial charge in [0.15, 0.2) is 11.5 Å². The number of ether oxygens (including phenoxy) is 3. The van der Waals surface area contributed by atoms with E-state index in [1.54, 1.807) is 0 Å². The summed E-state index contributed by atoms with van der Waals surface area (Å²) in [4.78, 5) is 23.8. The van der Waals surface area contributed by atoms with Gasteiger partial charge < -0.3 is 40.0 Å². The van der Waals surface area contributed by atoms with Crippen LogP contribution in [0, 0.1) is 5.92 Å². The molecule has 4 rings (SSSR count). The molecular weight excluding hydrogens is 362 g/mol. The normalized spacial score (nSPS) is 33.7. The van der Waals surface area contributed by atoms with Gasteiger partial charge in [-0.15, -0.1) is 0 Å². The molecular formula is C17H19NO9. The van der Waals surface area contributed by atoms with Crippen LogP contribution in [0.4, 0.5) is 0 Å². The van der Waals surface area contributed by atoms with Crippen LogP contribution in [0.5, 0.6) is 17.2 Å². The van der Waals surface area contributed by atoms with Crippen LogP contribution in [0.15, 0.2) is 6.07 Å². The van der Waals surface area contributed by atoms with Crippen LogP contribution in [0.1, 0.15) is 28.8 Å². The molecule has 0 unspecified atom stereocenters. The summed E-state index contributed by atoms with van der Waals surface area (Å²) in [6, 6.07) is 0.551. The molecule has 1 fully saturated rings. The van der Waals surface area contributed by atoms with Gasteiger partial charge in [-0.3, -0.25) is 9.59 Å². The van der Waals surface area contributed by atoms with Crippen molar-refractivity contribution in [3.8, 4) is 17.2 Å². The smallest absolute Gasteiger partial charge is 0.302 e. The van der Waals surface area contributed by atoms with E-state index in [1.165, 1.54) is 13.0 Å². The van der Waals surface area contributed by atoms with E-state index in [9.17, 15) is 30.0 Å². The number of nitrogens with one attached hydrogen (secondary N) is 1. The molecule has 0 spiro atoms. The molecule has 1 aromatic rings. The Bertz CT molecular complexity index is 810. The molecule has 10 heteroatoms. The van der Waals surface area contributed by atoms with Gasteiger partial charge in [-0.2, -0.15) is 0 Å². The number of esters is 1. The quantitative estimate of drug-likeness (QED) is 0.389. The Morgan fingerprint density at radius 1 is 1.26 bits per heavy atom. The van der Waals surface area contributed by atoms with Crippen molar-refractivity contribution < 1.29 is 44.2 Å². The average Bonchev–Trinajstić information content (AvgIpc) is 3.09. The Morgan fingerprint density at radius 2 is 2.00 bits per heavy atom. The number of benzene rings is 1. The first kappa shape index (κ1) is 17.8. The van der Waals surface area contributed by atoms with Crippen molar-refractivity contribution in [1.29, 1.82) is 0 Å². The maximum atomic E-state index is 12.6. The van der Waals surface area contributed by atoms with Gasteiger partial charge in [-0.05, 0) is 11.6 Å². The number of aliphatic hydroxyl groups is 3. The maximum Gasteiger partial charge on any atom is 0.302 e. The van der Waals surface area contributed by atoms with E-state index in [2.05, 4.69) is 5.32 Å². The van der Waals surface area contributed by atoms with Crippen LogP contribution in [0.25, 0.3) is 0 Å². The summed E-state index contributed by atoms with van der Waals surface area (Å²) in [7, 11) is 0. The zero-order valence-electron chi connectivity index (χ0n) is 14.3. The summed E-state index contributed by atoms with van der Waals surface area (Å²) >= 11 is 0. The van der Waals surface area contributed by atoms with Gasteiger partial charge in [0.2, 0.25) is 12.5 Å². The second-order valence-corrected chi connectivity index (χ2v) is 6.89. The lowest BCUT2D eigenvalue weighted by Crippen LogP contribution is -2.65. The number of rotatable bonds is 2. The molecule has 1 aromatic carbocycles. The van der Waals surface area contributed by atoms with Crippen molar-refractivity contribution in [3.05, 3.63) is 17.2 Å². The molecule has 27 heavy (non-hydrogen) atoms. The lowest BCUT2D eigenvalue weighted by Gasteiger charge is -2.48. The fourth-order valence-corrected chi connectivity index (χ4v) is 4.14. The molecule has 0 bridgehead atoms. The number of aliphatic hydroxyl groups excluding tert-OH is 3. The first-order chi connectivity index (χ1) is 12.8. The Kier molecular flexibility index (Phi) is 4.13. The molecule has 1 amide bonds. The molecule has 0 radical (unpaired) electrons. The van der Waals surface area contributed by atoms with E-state index in [4.69, 9.17) is 14.2 Å². The molecule has 1 saturated carbocycles. The van der Waals surface area contributed by atoms with Crippen LogP contribution < -0.4 is 14.8 Å². The Hall–Kier alpha value is -2.56. The second-order valence-electron chi connectivity index (χ2n) is 6.89. The fraction of sp³-hybridized carbons (Fsp3) is 0.529. The van der Waals surface area contributed by atoms with Crippen LogP contribution in [-0.4, -0.2) is 70.1 Å². The van der Waals surface area contributed by atoms with E-state index < -0.39 is 53.8 Å². The van der Waals surface area contributed by atoms with Gasteiger partial charge >= 0.3 is 5.97 Å². The summed E-state index contributed by atoms with van der Waals surface area (Å²) in [6.45, 7) is 0.840. The summed E-state index contributed by atoms with van der Waals surface area (Å²) in [5.41, 5.74) is 0.247. The lowest BCUT2D eigenvalue weighted by molar-refractivity contribution is -0.158. The van der Waals surface area contributed by atoms with Crippen molar-refractivity contribution in [3.63, 3.8) is 0 Å². The van der Waals surface area contributed by atoms with Crippen LogP contribution >= 0.6 is 0 Å². The Morgan fingerprint density at radius 3 is 2.70 bits per heavy atom. The summed E-state index contributed by atoms with van der Waals surface area (Å²) in [5.74, 6) is -2.96. The minimum atomic E-state index is -1.55. The predicted molar refractivity (Wildman–Crippen MR) is 86.4 cm³/mol. The topological polar surface area (TPSA) is 155 Å². The van der Waals surface area contributed by atoms with Crippen molar-refractivity contribution in [1.82, 2.24) is 5.32 Å². The molecule has 6 atom stereocenters. The Labute approximate surface area is 153 Å². The SMILES string of the molecule is CC(=O)OC[C@H]1[C@H](O)[C@@H](O)[C@@H](O)[C@@H]2NC(=O)c3c(cc4c(c3O)OCO4)[C@@H]12. The standard InChI is InChI=1S/C17H19NO9/c1-5(19)25-3-7-9-6-2-8-16(27-4-26-8)13(21)10(6)17(24)18-11(9)14(22)15(23)12(7)20/h2,7,9,11-12,14-15,20-23H,3-4H2,1H3,(H,18,24)/t7-,9+,11-,12+,14+,15-/m1/s1. The molecule has 146 valence electrons. The van der Waals surface area contributed by atoms with E-state index in [1.807, 2.05) is 0 Å². The third kappa shape index (κ3) is 2.59. The van der Waals surface area contributed by atoms with Gasteiger partial charge in [0.05, 0.1) is 24.3 Å². The minimum Gasteiger partial charge on any atom is -0.504 e. The first-order valence-electron chi connectivity index (χ1n) is 8.45. The second kappa shape index (κ2) is 6.25. The number of carbonyl (C=O) groups excluding carboxylic acids is 2. The highest BCUT2D eigenvalue weighted by Gasteiger charge is 2.54. The number of phenols is 1. The monoisotopic (exact) mass is 381 g/mol. The number of hydrogen-bond acceptors (Lipinski definition) is 9.